The van der Waals surface area contributed by atoms with E-state index in [4.69, 9.17) is 28.9 Å². The molecule has 17 heavy (non-hydrogen) atoms. The van der Waals surface area contributed by atoms with Crippen molar-refractivity contribution in [3.63, 3.8) is 0 Å². The molecule has 0 saturated heterocycles. The number of methoxy groups -OCH3 is 1. The zero-order valence-electron chi connectivity index (χ0n) is 9.07. The molecule has 0 aromatic heterocycles. The first-order chi connectivity index (χ1) is 7.95. The Balaban J connectivity index is 2.81. The summed E-state index contributed by atoms with van der Waals surface area (Å²) in [6.07, 6.45) is -0.171. The highest BCUT2D eigenvalue weighted by Gasteiger charge is 2.20. The standard InChI is InChI=1S/C11H11Cl2NO3/c1-17-10(15)5-9(14)11(16)6-2-3-7(12)8(13)4-6/h2-4,9H,5,14H2,1H3. The molecule has 4 nitrogen and oxygen atoms in total. The van der Waals surface area contributed by atoms with Crippen LogP contribution >= 0.6 is 23.2 Å². The minimum Gasteiger partial charge on any atom is -0.469 e. The van der Waals surface area contributed by atoms with Crippen LogP contribution in [0.1, 0.15) is 16.8 Å². The number of nitrogens with two attached hydrogens (primary N) is 1. The van der Waals surface area contributed by atoms with Gasteiger partial charge in [0.2, 0.25) is 0 Å². The smallest absolute Gasteiger partial charge is 0.307 e. The minimum atomic E-state index is -0.945. The summed E-state index contributed by atoms with van der Waals surface area (Å²) in [7, 11) is 1.23. The van der Waals surface area contributed by atoms with E-state index in [0.29, 0.717) is 10.6 Å². The Morgan fingerprint density at radius 3 is 2.53 bits per heavy atom. The van der Waals surface area contributed by atoms with E-state index in [1.165, 1.54) is 25.3 Å². The van der Waals surface area contributed by atoms with Crippen LogP contribution in [-0.4, -0.2) is 24.9 Å². The second-order valence-electron chi connectivity index (χ2n) is 3.38. The molecular formula is C11H11Cl2NO3. The lowest BCUT2D eigenvalue weighted by Gasteiger charge is -2.09. The zero-order valence-corrected chi connectivity index (χ0v) is 10.6. The number of ether oxygens (including phenoxy) is 1. The Hall–Kier alpha value is -1.10. The topological polar surface area (TPSA) is 69.4 Å². The molecule has 0 spiro atoms. The van der Waals surface area contributed by atoms with Crippen LogP contribution in [0.3, 0.4) is 0 Å². The molecule has 0 saturated carbocycles. The van der Waals surface area contributed by atoms with Crippen molar-refractivity contribution in [2.75, 3.05) is 7.11 Å². The molecule has 0 amide bonds. The largest absolute Gasteiger partial charge is 0.469 e. The van der Waals surface area contributed by atoms with E-state index >= 15 is 0 Å². The zero-order chi connectivity index (χ0) is 13.0. The van der Waals surface area contributed by atoms with Crippen LogP contribution in [0.5, 0.6) is 0 Å². The number of ketones is 1. The average Bonchev–Trinajstić information content (AvgIpc) is 2.31. The van der Waals surface area contributed by atoms with Crippen LogP contribution in [0.4, 0.5) is 0 Å². The van der Waals surface area contributed by atoms with Crippen molar-refractivity contribution in [1.29, 1.82) is 0 Å². The first kappa shape index (κ1) is 14.0. The summed E-state index contributed by atoms with van der Waals surface area (Å²) < 4.78 is 4.43. The predicted molar refractivity (Wildman–Crippen MR) is 65.4 cm³/mol. The van der Waals surface area contributed by atoms with Gasteiger partial charge in [-0.15, -0.1) is 0 Å². The molecular weight excluding hydrogens is 265 g/mol. The number of hydrogen-bond donors (Lipinski definition) is 1. The molecule has 0 aliphatic rings. The van der Waals surface area contributed by atoms with E-state index in [0.717, 1.165) is 0 Å². The fourth-order valence-corrected chi connectivity index (χ4v) is 1.52. The molecule has 1 atom stereocenters. The van der Waals surface area contributed by atoms with Crippen LogP contribution in [-0.2, 0) is 9.53 Å². The Labute approximate surface area is 109 Å². The number of benzene rings is 1. The fraction of sp³-hybridized carbons (Fsp3) is 0.273. The highest BCUT2D eigenvalue weighted by molar-refractivity contribution is 6.42. The normalized spacial score (nSPS) is 12.0. The number of Topliss-reactive ketones (excluding diaryl/α,β-unsaturated/α-hetero) is 1. The first-order valence-electron chi connectivity index (χ1n) is 4.77. The van der Waals surface area contributed by atoms with Gasteiger partial charge >= 0.3 is 5.97 Å². The number of carbonyl (C=O) groups is 2. The third kappa shape index (κ3) is 3.70. The summed E-state index contributed by atoms with van der Waals surface area (Å²) in [5, 5.41) is 0.618. The Bertz CT molecular complexity index is 448. The molecule has 1 rings (SSSR count). The molecule has 0 bridgehead atoms. The second-order valence-corrected chi connectivity index (χ2v) is 4.19. The molecule has 1 aromatic carbocycles. The van der Waals surface area contributed by atoms with Crippen molar-refractivity contribution < 1.29 is 14.3 Å². The predicted octanol–water partition coefficient (Wildman–Crippen LogP) is 2.07. The average molecular weight is 276 g/mol. The molecule has 0 fully saturated rings. The number of carbonyl (C=O) groups excluding carboxylic acids is 2. The van der Waals surface area contributed by atoms with E-state index in [1.807, 2.05) is 0 Å². The van der Waals surface area contributed by atoms with Crippen molar-refractivity contribution in [3.05, 3.63) is 33.8 Å². The van der Waals surface area contributed by atoms with Gasteiger partial charge in [0.05, 0.1) is 29.6 Å². The monoisotopic (exact) mass is 275 g/mol. The summed E-state index contributed by atoms with van der Waals surface area (Å²) in [4.78, 5) is 22.8. The Kier molecular flexibility index (Phi) is 4.93. The molecule has 92 valence electrons. The van der Waals surface area contributed by atoms with Gasteiger partial charge in [0.15, 0.2) is 5.78 Å². The third-order valence-corrected chi connectivity index (χ3v) is 2.89. The quantitative estimate of drug-likeness (QED) is 0.675. The van der Waals surface area contributed by atoms with Gasteiger partial charge in [0, 0.05) is 5.56 Å². The van der Waals surface area contributed by atoms with E-state index in [9.17, 15) is 9.59 Å². The van der Waals surface area contributed by atoms with Crippen LogP contribution in [0.25, 0.3) is 0 Å². The van der Waals surface area contributed by atoms with Gasteiger partial charge in [0.25, 0.3) is 0 Å². The fourth-order valence-electron chi connectivity index (χ4n) is 1.22. The molecule has 1 aromatic rings. The van der Waals surface area contributed by atoms with Gasteiger partial charge in [-0.05, 0) is 18.2 Å². The number of esters is 1. The van der Waals surface area contributed by atoms with E-state index in [-0.39, 0.29) is 17.2 Å². The number of halogens is 2. The molecule has 0 radical (unpaired) electrons. The summed E-state index contributed by atoms with van der Waals surface area (Å²) >= 11 is 11.5. The molecule has 0 aliphatic carbocycles. The second kappa shape index (κ2) is 6.00. The van der Waals surface area contributed by atoms with Gasteiger partial charge in [-0.1, -0.05) is 23.2 Å². The Morgan fingerprint density at radius 1 is 1.35 bits per heavy atom. The third-order valence-electron chi connectivity index (χ3n) is 2.16. The maximum absolute atomic E-state index is 11.8. The molecule has 2 N–H and O–H groups in total. The lowest BCUT2D eigenvalue weighted by molar-refractivity contribution is -0.140. The van der Waals surface area contributed by atoms with Gasteiger partial charge < -0.3 is 10.5 Å². The molecule has 6 heteroatoms. The SMILES string of the molecule is COC(=O)CC(N)C(=O)c1ccc(Cl)c(Cl)c1. The minimum absolute atomic E-state index is 0.171. The Morgan fingerprint density at radius 2 is 2.00 bits per heavy atom. The van der Waals surface area contributed by atoms with Crippen LogP contribution in [0.15, 0.2) is 18.2 Å². The van der Waals surface area contributed by atoms with E-state index < -0.39 is 12.0 Å². The highest BCUT2D eigenvalue weighted by atomic mass is 35.5. The highest BCUT2D eigenvalue weighted by Crippen LogP contribution is 2.23. The molecule has 0 aliphatic heterocycles. The van der Waals surface area contributed by atoms with Crippen LogP contribution in [0.2, 0.25) is 10.0 Å². The first-order valence-corrected chi connectivity index (χ1v) is 5.53. The summed E-state index contributed by atoms with van der Waals surface area (Å²) in [5.41, 5.74) is 5.90. The van der Waals surface area contributed by atoms with Gasteiger partial charge in [-0.2, -0.15) is 0 Å². The maximum atomic E-state index is 11.8. The summed E-state index contributed by atoms with van der Waals surface area (Å²) in [6, 6.07) is 3.48. The van der Waals surface area contributed by atoms with Gasteiger partial charge in [-0.25, -0.2) is 0 Å². The maximum Gasteiger partial charge on any atom is 0.307 e. The van der Waals surface area contributed by atoms with Crippen molar-refractivity contribution in [1.82, 2.24) is 0 Å². The van der Waals surface area contributed by atoms with Crippen molar-refractivity contribution >= 4 is 35.0 Å². The van der Waals surface area contributed by atoms with Crippen molar-refractivity contribution in [2.45, 2.75) is 12.5 Å². The van der Waals surface area contributed by atoms with Crippen LogP contribution in [0, 0.1) is 0 Å². The van der Waals surface area contributed by atoms with Crippen LogP contribution < -0.4 is 5.73 Å². The number of hydrogen-bond acceptors (Lipinski definition) is 4. The summed E-state index contributed by atoms with van der Waals surface area (Å²) in [6.45, 7) is 0. The van der Waals surface area contributed by atoms with Crippen molar-refractivity contribution in [2.24, 2.45) is 5.73 Å². The van der Waals surface area contributed by atoms with E-state index in [1.54, 1.807) is 0 Å². The summed E-state index contributed by atoms with van der Waals surface area (Å²) in [5.74, 6) is -0.917. The molecule has 0 heterocycles. The van der Waals surface area contributed by atoms with Crippen molar-refractivity contribution in [3.8, 4) is 0 Å². The molecule has 1 unspecified atom stereocenters. The van der Waals surface area contributed by atoms with Gasteiger partial charge in [-0.3, -0.25) is 9.59 Å². The lowest BCUT2D eigenvalue weighted by atomic mass is 10.0. The van der Waals surface area contributed by atoms with Gasteiger partial charge in [0.1, 0.15) is 0 Å². The van der Waals surface area contributed by atoms with E-state index in [2.05, 4.69) is 4.74 Å². The number of rotatable bonds is 4. The lowest BCUT2D eigenvalue weighted by Crippen LogP contribution is -2.33.